The summed E-state index contributed by atoms with van der Waals surface area (Å²) in [5, 5.41) is 2.48. The molecule has 0 aliphatic carbocycles. The summed E-state index contributed by atoms with van der Waals surface area (Å²) in [6.45, 7) is 10.8. The minimum Gasteiger partial charge on any atom is -0.404 e. The van der Waals surface area contributed by atoms with Crippen molar-refractivity contribution in [2.75, 3.05) is 19.8 Å². The van der Waals surface area contributed by atoms with Crippen molar-refractivity contribution in [3.63, 3.8) is 0 Å². The summed E-state index contributed by atoms with van der Waals surface area (Å²) in [4.78, 5) is 0. The van der Waals surface area contributed by atoms with Gasteiger partial charge >= 0.3 is 0 Å². The van der Waals surface area contributed by atoms with Crippen molar-refractivity contribution in [3.8, 4) is 0 Å². The summed E-state index contributed by atoms with van der Waals surface area (Å²) in [5.41, 5.74) is -0.551. The molecule has 2 heterocycles. The first-order valence-electron chi connectivity index (χ1n) is 12.0. The average molecular weight is 452 g/mol. The molecule has 4 atom stereocenters. The van der Waals surface area contributed by atoms with Crippen molar-refractivity contribution in [1.29, 1.82) is 0 Å². The molecule has 1 unspecified atom stereocenters. The lowest BCUT2D eigenvalue weighted by Crippen LogP contribution is -2.68. The Hall–Kier alpha value is -1.44. The summed E-state index contributed by atoms with van der Waals surface area (Å²) in [7, 11) is -0.555. The Morgan fingerprint density at radius 2 is 1.62 bits per heavy atom. The SMILES string of the molecule is B[C@@H]1O[C@@]2(CO[Si](c3ccccc3)(c3ccccc3)C(C)(C)C)CO[C@H]1C2OCCCC. The Bertz CT molecular complexity index is 833. The van der Waals surface area contributed by atoms with E-state index in [-0.39, 0.29) is 23.2 Å². The summed E-state index contributed by atoms with van der Waals surface area (Å²) >= 11 is 0. The van der Waals surface area contributed by atoms with Gasteiger partial charge in [0.1, 0.15) is 25.7 Å². The zero-order chi connectivity index (χ0) is 22.8. The zero-order valence-electron chi connectivity index (χ0n) is 20.2. The van der Waals surface area contributed by atoms with E-state index in [1.54, 1.807) is 0 Å². The van der Waals surface area contributed by atoms with Gasteiger partial charge in [0.15, 0.2) is 0 Å². The van der Waals surface area contributed by atoms with Crippen LogP contribution in [0.1, 0.15) is 40.5 Å². The Balaban J connectivity index is 1.71. The Labute approximate surface area is 195 Å². The molecule has 6 heteroatoms. The van der Waals surface area contributed by atoms with E-state index < -0.39 is 13.9 Å². The summed E-state index contributed by atoms with van der Waals surface area (Å²) < 4.78 is 26.2. The van der Waals surface area contributed by atoms with Crippen LogP contribution in [0.5, 0.6) is 0 Å². The molecule has 0 radical (unpaired) electrons. The van der Waals surface area contributed by atoms with E-state index in [2.05, 4.69) is 96.2 Å². The van der Waals surface area contributed by atoms with Crippen molar-refractivity contribution in [2.24, 2.45) is 0 Å². The molecule has 2 bridgehead atoms. The molecule has 4 rings (SSSR count). The zero-order valence-corrected chi connectivity index (χ0v) is 21.2. The molecule has 0 N–H and O–H groups in total. The van der Waals surface area contributed by atoms with Gasteiger partial charge in [-0.15, -0.1) is 0 Å². The third kappa shape index (κ3) is 4.12. The fourth-order valence-corrected chi connectivity index (χ4v) is 9.99. The molecule has 2 aliphatic rings. The van der Waals surface area contributed by atoms with Gasteiger partial charge in [0.25, 0.3) is 8.32 Å². The van der Waals surface area contributed by atoms with Crippen LogP contribution in [0.2, 0.25) is 5.04 Å². The van der Waals surface area contributed by atoms with Crippen molar-refractivity contribution < 1.29 is 18.6 Å². The van der Waals surface area contributed by atoms with E-state index in [1.807, 2.05) is 0 Å². The van der Waals surface area contributed by atoms with Crippen LogP contribution in [-0.2, 0) is 18.6 Å². The first-order valence-corrected chi connectivity index (χ1v) is 13.9. The first-order chi connectivity index (χ1) is 15.3. The third-order valence-electron chi connectivity index (χ3n) is 6.97. The van der Waals surface area contributed by atoms with E-state index in [0.717, 1.165) is 19.4 Å². The monoisotopic (exact) mass is 452 g/mol. The Morgan fingerprint density at radius 3 is 2.12 bits per heavy atom. The molecule has 32 heavy (non-hydrogen) atoms. The highest BCUT2D eigenvalue weighted by atomic mass is 28.4. The highest BCUT2D eigenvalue weighted by Gasteiger charge is 2.62. The number of ether oxygens (including phenoxy) is 3. The molecular formula is C26H37BO4Si. The van der Waals surface area contributed by atoms with Crippen molar-refractivity contribution in [2.45, 2.75) is 69.4 Å². The molecule has 2 aliphatic heterocycles. The normalized spacial score (nSPS) is 27.7. The summed E-state index contributed by atoms with van der Waals surface area (Å²) in [6, 6.07) is 21.5. The molecule has 2 fully saturated rings. The van der Waals surface area contributed by atoms with E-state index in [0.29, 0.717) is 13.2 Å². The van der Waals surface area contributed by atoms with Gasteiger partial charge in [-0.05, 0) is 21.8 Å². The molecule has 2 aromatic carbocycles. The van der Waals surface area contributed by atoms with Gasteiger partial charge in [-0.25, -0.2) is 0 Å². The highest BCUT2D eigenvalue weighted by Crippen LogP contribution is 2.44. The number of hydrogen-bond donors (Lipinski definition) is 0. The van der Waals surface area contributed by atoms with Gasteiger partial charge in [-0.2, -0.15) is 0 Å². The van der Waals surface area contributed by atoms with Crippen LogP contribution in [0.3, 0.4) is 0 Å². The lowest BCUT2D eigenvalue weighted by atomic mass is 9.92. The Kier molecular flexibility index (Phi) is 6.99. The largest absolute Gasteiger partial charge is 0.404 e. The summed E-state index contributed by atoms with van der Waals surface area (Å²) in [6.07, 6.45) is 2.06. The molecular weight excluding hydrogens is 415 g/mol. The number of hydrogen-bond acceptors (Lipinski definition) is 4. The highest BCUT2D eigenvalue weighted by molar-refractivity contribution is 6.99. The topological polar surface area (TPSA) is 36.9 Å². The number of benzene rings is 2. The van der Waals surface area contributed by atoms with Crippen LogP contribution in [0.4, 0.5) is 0 Å². The molecule has 0 saturated carbocycles. The minimum atomic E-state index is -2.64. The van der Waals surface area contributed by atoms with E-state index in [9.17, 15) is 0 Å². The summed E-state index contributed by atoms with van der Waals surface area (Å²) in [5.74, 6) is 0. The first kappa shape index (κ1) is 23.7. The maximum absolute atomic E-state index is 7.21. The van der Waals surface area contributed by atoms with Gasteiger partial charge in [0.05, 0.1) is 19.2 Å². The van der Waals surface area contributed by atoms with Gasteiger partial charge in [0.2, 0.25) is 0 Å². The van der Waals surface area contributed by atoms with Crippen LogP contribution >= 0.6 is 0 Å². The lowest BCUT2D eigenvalue weighted by molar-refractivity contribution is -0.138. The van der Waals surface area contributed by atoms with Gasteiger partial charge < -0.3 is 18.6 Å². The lowest BCUT2D eigenvalue weighted by Gasteiger charge is -2.45. The van der Waals surface area contributed by atoms with Gasteiger partial charge in [0, 0.05) is 6.61 Å². The smallest absolute Gasteiger partial charge is 0.261 e. The molecule has 2 saturated heterocycles. The fraction of sp³-hybridized carbons (Fsp3) is 0.538. The van der Waals surface area contributed by atoms with Crippen molar-refractivity contribution in [1.82, 2.24) is 0 Å². The molecule has 4 nitrogen and oxygen atoms in total. The second-order valence-electron chi connectivity index (χ2n) is 10.3. The van der Waals surface area contributed by atoms with E-state index in [1.165, 1.54) is 10.4 Å². The van der Waals surface area contributed by atoms with Gasteiger partial charge in [-0.1, -0.05) is 94.8 Å². The predicted molar refractivity (Wildman–Crippen MR) is 134 cm³/mol. The Morgan fingerprint density at radius 1 is 1.03 bits per heavy atom. The van der Waals surface area contributed by atoms with Gasteiger partial charge in [-0.3, -0.25) is 0 Å². The maximum Gasteiger partial charge on any atom is 0.261 e. The molecule has 0 amide bonds. The van der Waals surface area contributed by atoms with Crippen LogP contribution in [0.15, 0.2) is 60.7 Å². The second kappa shape index (κ2) is 9.43. The van der Waals surface area contributed by atoms with Crippen LogP contribution in [0.25, 0.3) is 0 Å². The van der Waals surface area contributed by atoms with Crippen molar-refractivity contribution >= 4 is 26.5 Å². The predicted octanol–water partition coefficient (Wildman–Crippen LogP) is 2.88. The van der Waals surface area contributed by atoms with E-state index in [4.69, 9.17) is 18.6 Å². The minimum absolute atomic E-state index is 0.0122. The van der Waals surface area contributed by atoms with E-state index >= 15 is 0 Å². The average Bonchev–Trinajstić information content (AvgIpc) is 3.25. The van der Waals surface area contributed by atoms with Crippen LogP contribution < -0.4 is 10.4 Å². The maximum atomic E-state index is 7.21. The number of rotatable bonds is 9. The molecule has 0 aromatic heterocycles. The number of unbranched alkanes of at least 4 members (excludes halogenated alkanes) is 1. The quantitative estimate of drug-likeness (QED) is 0.433. The standard InChI is InChI=1S/C26H37BO4Si/c1-5-6-17-28-23-22-24(27)31-26(23,18-29-22)19-30-32(25(2,3)4,20-13-9-7-10-14-20)21-15-11-8-12-16-21/h7-16,22-24H,5-6,17-19,27H2,1-4H3/t22-,23?,24+,26+/m0/s1. The van der Waals surface area contributed by atoms with Crippen LogP contribution in [-0.4, -0.2) is 59.8 Å². The third-order valence-corrected chi connectivity index (χ3v) is 11.9. The van der Waals surface area contributed by atoms with Crippen LogP contribution in [0, 0.1) is 0 Å². The molecule has 172 valence electrons. The fourth-order valence-electron chi connectivity index (χ4n) is 5.38. The molecule has 0 spiro atoms. The molecule has 2 aromatic rings. The number of fused-ring (bicyclic) bond motifs is 2. The second-order valence-corrected chi connectivity index (χ2v) is 14.6. The van der Waals surface area contributed by atoms with Crippen molar-refractivity contribution in [3.05, 3.63) is 60.7 Å².